The van der Waals surface area contributed by atoms with Gasteiger partial charge in [0.2, 0.25) is 12.7 Å². The zero-order chi connectivity index (χ0) is 19.5. The second-order valence-electron chi connectivity index (χ2n) is 6.16. The van der Waals surface area contributed by atoms with Crippen LogP contribution in [0.1, 0.15) is 34.8 Å². The highest BCUT2D eigenvalue weighted by molar-refractivity contribution is 6.13. The van der Waals surface area contributed by atoms with Gasteiger partial charge in [0.1, 0.15) is 0 Å². The molecule has 7 nitrogen and oxygen atoms in total. The van der Waals surface area contributed by atoms with Crippen LogP contribution in [0.2, 0.25) is 0 Å². The summed E-state index contributed by atoms with van der Waals surface area (Å²) < 4.78 is 21.0. The van der Waals surface area contributed by atoms with E-state index in [4.69, 9.17) is 18.9 Å². The van der Waals surface area contributed by atoms with E-state index in [9.17, 15) is 9.59 Å². The lowest BCUT2D eigenvalue weighted by molar-refractivity contribution is -0.129. The molecule has 0 amide bonds. The number of carbonyl (C=O) groups excluding carboxylic acids is 2. The number of hydrogen-bond donors (Lipinski definition) is 0. The fraction of sp³-hybridized carbons (Fsp3) is 0.190. The third-order valence-electron chi connectivity index (χ3n) is 4.13. The molecule has 0 radical (unpaired) electrons. The van der Waals surface area contributed by atoms with Crippen LogP contribution in [0, 0.1) is 0 Å². The quantitative estimate of drug-likeness (QED) is 0.585. The zero-order valence-corrected chi connectivity index (χ0v) is 15.1. The first-order valence-electron chi connectivity index (χ1n) is 8.84. The molecule has 2 aromatic carbocycles. The van der Waals surface area contributed by atoms with E-state index >= 15 is 0 Å². The highest BCUT2D eigenvalue weighted by Crippen LogP contribution is 2.33. The molecule has 0 fully saturated rings. The number of benzene rings is 2. The average Bonchev–Trinajstić information content (AvgIpc) is 3.32. The molecule has 4 rings (SSSR count). The monoisotopic (exact) mass is 379 g/mol. The number of ether oxygens (including phenoxy) is 4. The number of rotatable bonds is 5. The van der Waals surface area contributed by atoms with Gasteiger partial charge in [0, 0.05) is 5.56 Å². The van der Waals surface area contributed by atoms with Gasteiger partial charge in [-0.25, -0.2) is 14.6 Å². The van der Waals surface area contributed by atoms with Gasteiger partial charge in [-0.05, 0) is 48.4 Å². The predicted molar refractivity (Wildman–Crippen MR) is 100 cm³/mol. The average molecular weight is 379 g/mol. The first kappa shape index (κ1) is 17.8. The van der Waals surface area contributed by atoms with Gasteiger partial charge in [0.15, 0.2) is 17.2 Å². The SMILES string of the molecule is CCCOC(=O)c1ccc(C=C2N=C(c3ccc4c(c3)OCO4)OC2=O)cc1. The molecular formula is C21H17NO6. The van der Waals surface area contributed by atoms with Crippen molar-refractivity contribution in [1.82, 2.24) is 0 Å². The van der Waals surface area contributed by atoms with Gasteiger partial charge in [-0.15, -0.1) is 0 Å². The Hall–Kier alpha value is -3.61. The molecule has 0 unspecified atom stereocenters. The summed E-state index contributed by atoms with van der Waals surface area (Å²) in [6, 6.07) is 11.9. The molecule has 0 aromatic heterocycles. The van der Waals surface area contributed by atoms with Gasteiger partial charge in [0.05, 0.1) is 12.2 Å². The smallest absolute Gasteiger partial charge is 0.363 e. The fourth-order valence-electron chi connectivity index (χ4n) is 2.71. The molecule has 0 N–H and O–H groups in total. The molecule has 7 heteroatoms. The molecule has 28 heavy (non-hydrogen) atoms. The standard InChI is InChI=1S/C21H17NO6/c1-2-9-25-20(23)14-5-3-13(4-6-14)10-16-21(24)28-19(22-16)15-7-8-17-18(11-15)27-12-26-17/h3-8,10-11H,2,9,12H2,1H3. The summed E-state index contributed by atoms with van der Waals surface area (Å²) in [4.78, 5) is 28.3. The van der Waals surface area contributed by atoms with Crippen molar-refractivity contribution in [3.05, 3.63) is 64.9 Å². The van der Waals surface area contributed by atoms with Crippen LogP contribution in [0.15, 0.2) is 53.2 Å². The minimum atomic E-state index is -0.543. The van der Waals surface area contributed by atoms with Gasteiger partial charge in [-0.1, -0.05) is 19.1 Å². The number of carbonyl (C=O) groups is 2. The van der Waals surface area contributed by atoms with Gasteiger partial charge in [-0.3, -0.25) is 0 Å². The van der Waals surface area contributed by atoms with Crippen LogP contribution < -0.4 is 9.47 Å². The van der Waals surface area contributed by atoms with Crippen molar-refractivity contribution in [3.63, 3.8) is 0 Å². The molecular weight excluding hydrogens is 362 g/mol. The number of aliphatic imine (C=N–C) groups is 1. The van der Waals surface area contributed by atoms with Crippen LogP contribution in [0.3, 0.4) is 0 Å². The molecule has 142 valence electrons. The van der Waals surface area contributed by atoms with Crippen LogP contribution in [0.4, 0.5) is 0 Å². The molecule has 0 saturated carbocycles. The first-order chi connectivity index (χ1) is 13.6. The van der Waals surface area contributed by atoms with Crippen LogP contribution in [-0.2, 0) is 14.3 Å². The zero-order valence-electron chi connectivity index (χ0n) is 15.1. The minimum Gasteiger partial charge on any atom is -0.462 e. The summed E-state index contributed by atoms with van der Waals surface area (Å²) in [5.41, 5.74) is 1.97. The second kappa shape index (κ2) is 7.56. The van der Waals surface area contributed by atoms with E-state index < -0.39 is 5.97 Å². The number of esters is 2. The number of nitrogens with zero attached hydrogens (tertiary/aromatic N) is 1. The molecule has 0 spiro atoms. The van der Waals surface area contributed by atoms with Gasteiger partial charge in [0.25, 0.3) is 0 Å². The van der Waals surface area contributed by atoms with E-state index in [1.165, 1.54) is 0 Å². The molecule has 2 aromatic rings. The van der Waals surface area contributed by atoms with Crippen molar-refractivity contribution < 1.29 is 28.5 Å². The lowest BCUT2D eigenvalue weighted by Gasteiger charge is -2.03. The molecule has 0 atom stereocenters. The maximum atomic E-state index is 12.2. The van der Waals surface area contributed by atoms with Crippen LogP contribution >= 0.6 is 0 Å². The largest absolute Gasteiger partial charge is 0.462 e. The minimum absolute atomic E-state index is 0.165. The van der Waals surface area contributed by atoms with Crippen molar-refractivity contribution in [1.29, 1.82) is 0 Å². The summed E-state index contributed by atoms with van der Waals surface area (Å²) in [6.45, 7) is 2.48. The summed E-state index contributed by atoms with van der Waals surface area (Å²) in [7, 11) is 0. The van der Waals surface area contributed by atoms with E-state index in [-0.39, 0.29) is 24.4 Å². The van der Waals surface area contributed by atoms with E-state index in [1.807, 2.05) is 6.92 Å². The topological polar surface area (TPSA) is 83.4 Å². The Labute approximate surface area is 161 Å². The molecule has 2 heterocycles. The second-order valence-corrected chi connectivity index (χ2v) is 6.16. The van der Waals surface area contributed by atoms with Crippen molar-refractivity contribution >= 4 is 23.9 Å². The van der Waals surface area contributed by atoms with Gasteiger partial charge in [-0.2, -0.15) is 0 Å². The summed E-state index contributed by atoms with van der Waals surface area (Å²) >= 11 is 0. The van der Waals surface area contributed by atoms with Crippen molar-refractivity contribution in [2.75, 3.05) is 13.4 Å². The Morgan fingerprint density at radius 3 is 2.71 bits per heavy atom. The van der Waals surface area contributed by atoms with Crippen LogP contribution in [0.25, 0.3) is 6.08 Å². The third-order valence-corrected chi connectivity index (χ3v) is 4.13. The molecule has 0 aliphatic carbocycles. The Kier molecular flexibility index (Phi) is 4.80. The maximum Gasteiger partial charge on any atom is 0.363 e. The maximum absolute atomic E-state index is 12.2. The predicted octanol–water partition coefficient (Wildman–Crippen LogP) is 3.33. The van der Waals surface area contributed by atoms with Crippen molar-refractivity contribution in [2.24, 2.45) is 4.99 Å². The summed E-state index contributed by atoms with van der Waals surface area (Å²) in [5.74, 6) is 0.513. The van der Waals surface area contributed by atoms with E-state index in [0.717, 1.165) is 12.0 Å². The highest BCUT2D eigenvalue weighted by Gasteiger charge is 2.26. The lowest BCUT2D eigenvalue weighted by atomic mass is 10.1. The lowest BCUT2D eigenvalue weighted by Crippen LogP contribution is -2.05. The molecule has 2 aliphatic heterocycles. The Morgan fingerprint density at radius 2 is 1.93 bits per heavy atom. The van der Waals surface area contributed by atoms with Crippen molar-refractivity contribution in [3.8, 4) is 11.5 Å². The Morgan fingerprint density at radius 1 is 1.14 bits per heavy atom. The number of cyclic esters (lactones) is 1. The van der Waals surface area contributed by atoms with E-state index in [1.54, 1.807) is 48.5 Å². The molecule has 0 bridgehead atoms. The summed E-state index contributed by atoms with van der Waals surface area (Å²) in [5, 5.41) is 0. The number of hydrogen-bond acceptors (Lipinski definition) is 7. The van der Waals surface area contributed by atoms with Crippen molar-refractivity contribution in [2.45, 2.75) is 13.3 Å². The Bertz CT molecular complexity index is 990. The fourth-order valence-corrected chi connectivity index (χ4v) is 2.71. The Balaban J connectivity index is 1.53. The normalized spacial score (nSPS) is 16.1. The van der Waals surface area contributed by atoms with E-state index in [0.29, 0.717) is 29.2 Å². The first-order valence-corrected chi connectivity index (χ1v) is 8.84. The van der Waals surface area contributed by atoms with E-state index in [2.05, 4.69) is 4.99 Å². The molecule has 2 aliphatic rings. The van der Waals surface area contributed by atoms with Gasteiger partial charge < -0.3 is 18.9 Å². The van der Waals surface area contributed by atoms with Crippen LogP contribution in [-0.4, -0.2) is 31.2 Å². The van der Waals surface area contributed by atoms with Gasteiger partial charge >= 0.3 is 11.9 Å². The number of fused-ring (bicyclic) bond motifs is 1. The highest BCUT2D eigenvalue weighted by atomic mass is 16.7. The van der Waals surface area contributed by atoms with Crippen LogP contribution in [0.5, 0.6) is 11.5 Å². The summed E-state index contributed by atoms with van der Waals surface area (Å²) in [6.07, 6.45) is 2.37. The third kappa shape index (κ3) is 3.59. The molecule has 0 saturated heterocycles.